The molecule has 0 unspecified atom stereocenters. The fourth-order valence-electron chi connectivity index (χ4n) is 2.87. The van der Waals surface area contributed by atoms with Gasteiger partial charge in [-0.2, -0.15) is 0 Å². The van der Waals surface area contributed by atoms with Gasteiger partial charge in [0, 0.05) is 44.6 Å². The number of hydrogen-bond donors (Lipinski definition) is 3. The lowest BCUT2D eigenvalue weighted by molar-refractivity contribution is -0.128. The lowest BCUT2D eigenvalue weighted by Gasteiger charge is -2.10. The number of ketones is 3. The summed E-state index contributed by atoms with van der Waals surface area (Å²) in [7, 11) is 0. The average molecular weight is 518 g/mol. The van der Waals surface area contributed by atoms with Crippen LogP contribution in [0.25, 0.3) is 0 Å². The van der Waals surface area contributed by atoms with Crippen LogP contribution in [0.5, 0.6) is 0 Å². The predicted octanol–water partition coefficient (Wildman–Crippen LogP) is -0.313. The Hall–Kier alpha value is -2.25. The summed E-state index contributed by atoms with van der Waals surface area (Å²) in [6, 6.07) is 0. The molecule has 0 saturated carbocycles. The predicted molar refractivity (Wildman–Crippen MR) is 131 cm³/mol. The van der Waals surface area contributed by atoms with Gasteiger partial charge in [0.05, 0.1) is 59.3 Å². The molecule has 0 aliphatic heterocycles. The van der Waals surface area contributed by atoms with Crippen molar-refractivity contribution in [1.29, 1.82) is 0 Å². The number of Topliss-reactive ketones (excluding diaryl/α,β-unsaturated/α-hetero) is 3. The Morgan fingerprint density at radius 1 is 0.694 bits per heavy atom. The Bertz CT molecular complexity index is 659. The molecule has 12 nitrogen and oxygen atoms in total. The number of nitrogens with one attached hydrogen (secondary N) is 1. The number of ether oxygens (including phenoxy) is 4. The minimum Gasteiger partial charge on any atom is -0.379 e. The first kappa shape index (κ1) is 33.8. The third kappa shape index (κ3) is 21.1. The van der Waals surface area contributed by atoms with Gasteiger partial charge < -0.3 is 35.7 Å². The van der Waals surface area contributed by atoms with Gasteiger partial charge >= 0.3 is 0 Å². The largest absolute Gasteiger partial charge is 0.379 e. The molecular weight excluding hydrogens is 474 g/mol. The van der Waals surface area contributed by atoms with E-state index >= 15 is 0 Å². The molecule has 36 heavy (non-hydrogen) atoms. The Morgan fingerprint density at radius 2 is 1.25 bits per heavy atom. The number of primary amides is 1. The molecule has 0 rings (SSSR count). The molecule has 1 atom stereocenters. The number of rotatable bonds is 26. The topological polar surface area (TPSA) is 186 Å². The first-order chi connectivity index (χ1) is 17.3. The maximum absolute atomic E-state index is 11.8. The van der Waals surface area contributed by atoms with Gasteiger partial charge in [0.2, 0.25) is 11.8 Å². The molecule has 12 heteroatoms. The molecule has 0 fully saturated rings. The van der Waals surface area contributed by atoms with E-state index in [0.29, 0.717) is 65.5 Å². The summed E-state index contributed by atoms with van der Waals surface area (Å²) >= 11 is 0. The van der Waals surface area contributed by atoms with E-state index in [-0.39, 0.29) is 68.6 Å². The maximum atomic E-state index is 11.8. The van der Waals surface area contributed by atoms with Gasteiger partial charge in [0.15, 0.2) is 5.78 Å². The minimum absolute atomic E-state index is 0.0354. The van der Waals surface area contributed by atoms with Gasteiger partial charge in [-0.1, -0.05) is 6.92 Å². The highest BCUT2D eigenvalue weighted by atomic mass is 16.6. The Labute approximate surface area is 213 Å². The molecule has 0 aromatic heterocycles. The zero-order chi connectivity index (χ0) is 27.0. The zero-order valence-electron chi connectivity index (χ0n) is 21.4. The number of carbonyl (C=O) groups is 5. The normalized spacial score (nSPS) is 11.7. The van der Waals surface area contributed by atoms with E-state index in [9.17, 15) is 24.0 Å². The highest BCUT2D eigenvalue weighted by Gasteiger charge is 2.17. The summed E-state index contributed by atoms with van der Waals surface area (Å²) in [4.78, 5) is 57.2. The van der Waals surface area contributed by atoms with Crippen LogP contribution >= 0.6 is 0 Å². The van der Waals surface area contributed by atoms with E-state index in [1.807, 2.05) is 6.92 Å². The average Bonchev–Trinajstić information content (AvgIpc) is 2.86. The van der Waals surface area contributed by atoms with E-state index in [1.54, 1.807) is 0 Å². The Balaban J connectivity index is 3.40. The number of carbonyl (C=O) groups excluding carboxylic acids is 5. The van der Waals surface area contributed by atoms with Crippen LogP contribution in [0, 0.1) is 5.92 Å². The molecular formula is C24H43N3O9. The molecule has 5 N–H and O–H groups in total. The summed E-state index contributed by atoms with van der Waals surface area (Å²) in [5.41, 5.74) is 10.4. The molecule has 0 aromatic carbocycles. The Kier molecular flexibility index (Phi) is 21.7. The second-order valence-corrected chi connectivity index (χ2v) is 8.11. The summed E-state index contributed by atoms with van der Waals surface area (Å²) in [6.45, 7) is 4.71. The minimum atomic E-state index is -0.448. The molecule has 2 amide bonds. The van der Waals surface area contributed by atoms with Crippen LogP contribution < -0.4 is 16.8 Å². The summed E-state index contributed by atoms with van der Waals surface area (Å²) < 4.78 is 21.5. The van der Waals surface area contributed by atoms with Crippen LogP contribution in [0.3, 0.4) is 0 Å². The summed E-state index contributed by atoms with van der Waals surface area (Å²) in [5.74, 6) is -1.53. The van der Waals surface area contributed by atoms with Crippen molar-refractivity contribution in [1.82, 2.24) is 5.32 Å². The quantitative estimate of drug-likeness (QED) is 0.128. The molecule has 0 aromatic rings. The smallest absolute Gasteiger partial charge is 0.220 e. The number of hydrogen-bond acceptors (Lipinski definition) is 10. The van der Waals surface area contributed by atoms with Crippen LogP contribution in [0.2, 0.25) is 0 Å². The van der Waals surface area contributed by atoms with Crippen LogP contribution in [0.15, 0.2) is 0 Å². The summed E-state index contributed by atoms with van der Waals surface area (Å²) in [6.07, 6.45) is 1.90. The fourth-order valence-corrected chi connectivity index (χ4v) is 2.87. The molecule has 0 bridgehead atoms. The van der Waals surface area contributed by atoms with Crippen LogP contribution in [0.1, 0.15) is 51.9 Å². The van der Waals surface area contributed by atoms with Crippen LogP contribution in [-0.2, 0) is 42.9 Å². The third-order valence-electron chi connectivity index (χ3n) is 5.10. The molecule has 0 aliphatic rings. The van der Waals surface area contributed by atoms with Crippen molar-refractivity contribution in [2.45, 2.75) is 51.9 Å². The van der Waals surface area contributed by atoms with Crippen LogP contribution in [0.4, 0.5) is 0 Å². The van der Waals surface area contributed by atoms with Crippen molar-refractivity contribution in [3.63, 3.8) is 0 Å². The molecule has 0 aliphatic carbocycles. The van der Waals surface area contributed by atoms with Gasteiger partial charge in [0.1, 0.15) is 11.6 Å². The standard InChI is InChI=1S/C24H43N3O9/c1-2-19(24(26)32)16-20(28)7-9-34-11-13-36-15-14-35-12-10-33-8-3-4-22(30)18-27-23(31)6-5-21(29)17-25/h19H,2-18,25H2,1H3,(H2,26,32)(H,27,31)/t19-/m1/s1. The zero-order valence-corrected chi connectivity index (χ0v) is 21.4. The van der Waals surface area contributed by atoms with Crippen molar-refractivity contribution in [2.75, 3.05) is 65.9 Å². The van der Waals surface area contributed by atoms with Gasteiger partial charge in [-0.25, -0.2) is 0 Å². The number of nitrogens with two attached hydrogens (primary N) is 2. The van der Waals surface area contributed by atoms with E-state index in [1.165, 1.54) is 0 Å². The van der Waals surface area contributed by atoms with Crippen molar-refractivity contribution in [2.24, 2.45) is 17.4 Å². The molecule has 0 heterocycles. The van der Waals surface area contributed by atoms with Gasteiger partial charge in [-0.15, -0.1) is 0 Å². The first-order valence-corrected chi connectivity index (χ1v) is 12.4. The van der Waals surface area contributed by atoms with Gasteiger partial charge in [0.25, 0.3) is 0 Å². The van der Waals surface area contributed by atoms with Crippen molar-refractivity contribution < 1.29 is 42.9 Å². The summed E-state index contributed by atoms with van der Waals surface area (Å²) in [5, 5.41) is 2.49. The van der Waals surface area contributed by atoms with Crippen molar-refractivity contribution >= 4 is 29.2 Å². The number of amides is 2. The van der Waals surface area contributed by atoms with Crippen molar-refractivity contribution in [3.05, 3.63) is 0 Å². The van der Waals surface area contributed by atoms with Gasteiger partial charge in [-0.3, -0.25) is 24.0 Å². The fraction of sp³-hybridized carbons (Fsp3) is 0.792. The van der Waals surface area contributed by atoms with Crippen LogP contribution in [-0.4, -0.2) is 95.1 Å². The van der Waals surface area contributed by atoms with Crippen molar-refractivity contribution in [3.8, 4) is 0 Å². The Morgan fingerprint density at radius 3 is 1.78 bits per heavy atom. The second kappa shape index (κ2) is 23.2. The molecule has 0 saturated heterocycles. The second-order valence-electron chi connectivity index (χ2n) is 8.11. The molecule has 0 spiro atoms. The molecule has 0 radical (unpaired) electrons. The van der Waals surface area contributed by atoms with E-state index < -0.39 is 11.8 Å². The highest BCUT2D eigenvalue weighted by Crippen LogP contribution is 2.09. The van der Waals surface area contributed by atoms with Gasteiger partial charge in [-0.05, 0) is 12.8 Å². The first-order valence-electron chi connectivity index (χ1n) is 12.4. The maximum Gasteiger partial charge on any atom is 0.220 e. The lowest BCUT2D eigenvalue weighted by atomic mass is 9.98. The van der Waals surface area contributed by atoms with E-state index in [0.717, 1.165) is 0 Å². The SMILES string of the molecule is CC[C@H](CC(=O)CCOCCOCCOCCOCCCC(=O)CNC(=O)CCC(=O)CN)C(N)=O. The lowest BCUT2D eigenvalue weighted by Crippen LogP contribution is -2.30. The highest BCUT2D eigenvalue weighted by molar-refractivity contribution is 5.89. The monoisotopic (exact) mass is 517 g/mol. The van der Waals surface area contributed by atoms with E-state index in [2.05, 4.69) is 5.32 Å². The molecule has 208 valence electrons. The third-order valence-corrected chi connectivity index (χ3v) is 5.10. The van der Waals surface area contributed by atoms with E-state index in [4.69, 9.17) is 30.4 Å².